The molecule has 1 atom stereocenters. The van der Waals surface area contributed by atoms with Gasteiger partial charge in [-0.2, -0.15) is 0 Å². The van der Waals surface area contributed by atoms with E-state index >= 15 is 0 Å². The SMILES string of the molecule is CC1(C)NC(CO)CS1. The van der Waals surface area contributed by atoms with Crippen LogP contribution in [0.4, 0.5) is 0 Å². The average Bonchev–Trinajstić information content (AvgIpc) is 2.10. The van der Waals surface area contributed by atoms with E-state index in [-0.39, 0.29) is 11.5 Å². The van der Waals surface area contributed by atoms with Gasteiger partial charge in [-0.15, -0.1) is 11.8 Å². The smallest absolute Gasteiger partial charge is 0.0593 e. The van der Waals surface area contributed by atoms with E-state index in [1.54, 1.807) is 0 Å². The van der Waals surface area contributed by atoms with E-state index in [1.165, 1.54) is 0 Å². The summed E-state index contributed by atoms with van der Waals surface area (Å²) in [7, 11) is 0. The lowest BCUT2D eigenvalue weighted by Gasteiger charge is -2.17. The van der Waals surface area contributed by atoms with Crippen molar-refractivity contribution in [2.45, 2.75) is 24.8 Å². The third-order valence-corrected chi connectivity index (χ3v) is 2.83. The largest absolute Gasteiger partial charge is 0.395 e. The lowest BCUT2D eigenvalue weighted by Crippen LogP contribution is -2.38. The Labute approximate surface area is 60.0 Å². The molecule has 54 valence electrons. The number of thioether (sulfide) groups is 1. The van der Waals surface area contributed by atoms with Crippen molar-refractivity contribution in [1.82, 2.24) is 5.32 Å². The van der Waals surface area contributed by atoms with Crippen LogP contribution in [0, 0.1) is 0 Å². The molecule has 0 aromatic heterocycles. The number of rotatable bonds is 1. The van der Waals surface area contributed by atoms with Crippen LogP contribution >= 0.6 is 11.8 Å². The highest BCUT2D eigenvalue weighted by Gasteiger charge is 2.29. The molecule has 1 aliphatic rings. The summed E-state index contributed by atoms with van der Waals surface area (Å²) in [4.78, 5) is 0.174. The van der Waals surface area contributed by atoms with Gasteiger partial charge < -0.3 is 5.11 Å². The lowest BCUT2D eigenvalue weighted by molar-refractivity contribution is 0.250. The normalized spacial score (nSPS) is 33.0. The molecule has 1 fully saturated rings. The van der Waals surface area contributed by atoms with Crippen molar-refractivity contribution in [2.24, 2.45) is 0 Å². The predicted molar refractivity (Wildman–Crippen MR) is 40.5 cm³/mol. The Morgan fingerprint density at radius 2 is 2.44 bits per heavy atom. The van der Waals surface area contributed by atoms with E-state index in [0.29, 0.717) is 6.04 Å². The number of hydrogen-bond donors (Lipinski definition) is 2. The summed E-state index contributed by atoms with van der Waals surface area (Å²) in [6.45, 7) is 4.52. The molecule has 0 saturated carbocycles. The van der Waals surface area contributed by atoms with Crippen LogP contribution in [0.2, 0.25) is 0 Å². The van der Waals surface area contributed by atoms with Crippen LogP contribution in [0.25, 0.3) is 0 Å². The minimum Gasteiger partial charge on any atom is -0.395 e. The third kappa shape index (κ3) is 1.85. The van der Waals surface area contributed by atoms with Gasteiger partial charge in [0.25, 0.3) is 0 Å². The van der Waals surface area contributed by atoms with Gasteiger partial charge in [-0.05, 0) is 13.8 Å². The first-order valence-electron chi connectivity index (χ1n) is 3.16. The Balaban J connectivity index is 2.38. The fraction of sp³-hybridized carbons (Fsp3) is 1.00. The van der Waals surface area contributed by atoms with Crippen LogP contribution in [0.5, 0.6) is 0 Å². The van der Waals surface area contributed by atoms with Crippen LogP contribution in [0.1, 0.15) is 13.8 Å². The molecule has 0 spiro atoms. The fourth-order valence-electron chi connectivity index (χ4n) is 0.982. The zero-order valence-electron chi connectivity index (χ0n) is 5.85. The van der Waals surface area contributed by atoms with E-state index in [9.17, 15) is 0 Å². The number of nitrogens with one attached hydrogen (secondary N) is 1. The maximum atomic E-state index is 8.72. The van der Waals surface area contributed by atoms with Gasteiger partial charge in [0, 0.05) is 11.8 Å². The van der Waals surface area contributed by atoms with E-state index in [1.807, 2.05) is 11.8 Å². The Morgan fingerprint density at radius 1 is 1.78 bits per heavy atom. The highest BCUT2D eigenvalue weighted by molar-refractivity contribution is 8.00. The second-order valence-corrected chi connectivity index (χ2v) is 4.49. The fourth-order valence-corrected chi connectivity index (χ4v) is 2.04. The highest BCUT2D eigenvalue weighted by Crippen LogP contribution is 2.28. The van der Waals surface area contributed by atoms with Crippen molar-refractivity contribution >= 4 is 11.8 Å². The molecule has 2 nitrogen and oxygen atoms in total. The topological polar surface area (TPSA) is 32.3 Å². The summed E-state index contributed by atoms with van der Waals surface area (Å²) < 4.78 is 0. The van der Waals surface area contributed by atoms with Gasteiger partial charge in [0.2, 0.25) is 0 Å². The molecule has 0 aliphatic carbocycles. The van der Waals surface area contributed by atoms with Gasteiger partial charge in [0.15, 0.2) is 0 Å². The predicted octanol–water partition coefficient (Wildman–Crippen LogP) is 0.420. The van der Waals surface area contributed by atoms with E-state index in [2.05, 4.69) is 19.2 Å². The van der Waals surface area contributed by atoms with E-state index in [4.69, 9.17) is 5.11 Å². The Morgan fingerprint density at radius 3 is 2.67 bits per heavy atom. The van der Waals surface area contributed by atoms with Gasteiger partial charge in [-0.1, -0.05) is 0 Å². The van der Waals surface area contributed by atoms with Gasteiger partial charge >= 0.3 is 0 Å². The molecule has 0 aromatic rings. The van der Waals surface area contributed by atoms with Crippen LogP contribution in [0.15, 0.2) is 0 Å². The molecule has 2 N–H and O–H groups in total. The quantitative estimate of drug-likeness (QED) is 0.564. The minimum absolute atomic E-state index is 0.174. The first-order valence-corrected chi connectivity index (χ1v) is 4.15. The summed E-state index contributed by atoms with van der Waals surface area (Å²) in [5.74, 6) is 1.03. The first kappa shape index (κ1) is 7.38. The molecule has 1 unspecified atom stereocenters. The second-order valence-electron chi connectivity index (χ2n) is 2.85. The molecule has 1 rings (SSSR count). The zero-order chi connectivity index (χ0) is 6.91. The van der Waals surface area contributed by atoms with Crippen molar-refractivity contribution in [2.75, 3.05) is 12.4 Å². The average molecular weight is 147 g/mol. The molecule has 0 bridgehead atoms. The molecule has 3 heteroatoms. The van der Waals surface area contributed by atoms with Crippen LogP contribution in [-0.2, 0) is 0 Å². The monoisotopic (exact) mass is 147 g/mol. The Kier molecular flexibility index (Phi) is 2.03. The molecular weight excluding hydrogens is 134 g/mol. The summed E-state index contributed by atoms with van der Waals surface area (Å²) >= 11 is 1.86. The van der Waals surface area contributed by atoms with E-state index in [0.717, 1.165) is 5.75 Å². The molecule has 0 radical (unpaired) electrons. The standard InChI is InChI=1S/C6H13NOS/c1-6(2)7-5(3-8)4-9-6/h5,7-8H,3-4H2,1-2H3. The van der Waals surface area contributed by atoms with Crippen molar-refractivity contribution in [3.8, 4) is 0 Å². The van der Waals surface area contributed by atoms with Gasteiger partial charge in [0.05, 0.1) is 11.5 Å². The summed E-state index contributed by atoms with van der Waals surface area (Å²) in [5, 5.41) is 12.0. The van der Waals surface area contributed by atoms with Crippen LogP contribution < -0.4 is 5.32 Å². The molecule has 9 heavy (non-hydrogen) atoms. The molecule has 0 aromatic carbocycles. The van der Waals surface area contributed by atoms with Crippen molar-refractivity contribution in [1.29, 1.82) is 0 Å². The number of aliphatic hydroxyl groups is 1. The highest BCUT2D eigenvalue weighted by atomic mass is 32.2. The van der Waals surface area contributed by atoms with Gasteiger partial charge in [0.1, 0.15) is 0 Å². The Hall–Kier alpha value is 0.270. The molecular formula is C6H13NOS. The number of hydrogen-bond acceptors (Lipinski definition) is 3. The van der Waals surface area contributed by atoms with Gasteiger partial charge in [-0.25, -0.2) is 0 Å². The second kappa shape index (κ2) is 2.48. The van der Waals surface area contributed by atoms with E-state index < -0.39 is 0 Å². The molecule has 1 heterocycles. The first-order chi connectivity index (χ1) is 4.14. The number of aliphatic hydroxyl groups excluding tert-OH is 1. The molecule has 1 saturated heterocycles. The van der Waals surface area contributed by atoms with Crippen LogP contribution in [0.3, 0.4) is 0 Å². The zero-order valence-corrected chi connectivity index (χ0v) is 6.66. The maximum absolute atomic E-state index is 8.72. The van der Waals surface area contributed by atoms with Crippen molar-refractivity contribution in [3.05, 3.63) is 0 Å². The van der Waals surface area contributed by atoms with Crippen molar-refractivity contribution < 1.29 is 5.11 Å². The minimum atomic E-state index is 0.174. The molecule has 0 amide bonds. The summed E-state index contributed by atoms with van der Waals surface area (Å²) in [5.41, 5.74) is 0. The lowest BCUT2D eigenvalue weighted by atomic mass is 10.3. The Bertz CT molecular complexity index is 105. The maximum Gasteiger partial charge on any atom is 0.0593 e. The molecule has 1 aliphatic heterocycles. The van der Waals surface area contributed by atoms with Crippen molar-refractivity contribution in [3.63, 3.8) is 0 Å². The van der Waals surface area contributed by atoms with Crippen LogP contribution in [-0.4, -0.2) is 28.4 Å². The third-order valence-electron chi connectivity index (χ3n) is 1.42. The summed E-state index contributed by atoms with van der Waals surface area (Å²) in [6.07, 6.45) is 0. The summed E-state index contributed by atoms with van der Waals surface area (Å²) in [6, 6.07) is 0.310. The van der Waals surface area contributed by atoms with Gasteiger partial charge in [-0.3, -0.25) is 5.32 Å².